The molecule has 2 aromatic rings. The van der Waals surface area contributed by atoms with E-state index in [0.717, 1.165) is 22.5 Å². The molecular formula is C23H20N4. The van der Waals surface area contributed by atoms with Crippen LogP contribution in [-0.4, -0.2) is 24.0 Å². The lowest BCUT2D eigenvalue weighted by molar-refractivity contribution is 0.421. The van der Waals surface area contributed by atoms with E-state index in [1.54, 1.807) is 0 Å². The molecule has 1 N–H and O–H groups in total. The van der Waals surface area contributed by atoms with Crippen LogP contribution in [0, 0.1) is 11.8 Å². The fourth-order valence-corrected chi connectivity index (χ4v) is 3.95. The zero-order valence-electron chi connectivity index (χ0n) is 15.1. The highest BCUT2D eigenvalue weighted by atomic mass is 15.5. The number of hydrogen-bond donors (Lipinski definition) is 1. The monoisotopic (exact) mass is 352 g/mol. The summed E-state index contributed by atoms with van der Waals surface area (Å²) in [6, 6.07) is 17.0. The van der Waals surface area contributed by atoms with Crippen LogP contribution < -0.4 is 15.9 Å². The first-order chi connectivity index (χ1) is 13.3. The van der Waals surface area contributed by atoms with E-state index < -0.39 is 0 Å². The molecule has 27 heavy (non-hydrogen) atoms. The minimum absolute atomic E-state index is 0.246. The number of hydrazine groups is 1. The Morgan fingerprint density at radius 1 is 0.963 bits per heavy atom. The maximum absolute atomic E-state index is 4.49. The van der Waals surface area contributed by atoms with Crippen molar-refractivity contribution >= 4 is 23.8 Å². The van der Waals surface area contributed by atoms with E-state index >= 15 is 0 Å². The second-order valence-corrected chi connectivity index (χ2v) is 6.97. The molecule has 3 aliphatic rings. The molecule has 2 atom stereocenters. The maximum atomic E-state index is 4.49. The van der Waals surface area contributed by atoms with Crippen molar-refractivity contribution in [1.82, 2.24) is 10.4 Å². The first-order valence-corrected chi connectivity index (χ1v) is 9.17. The zero-order valence-corrected chi connectivity index (χ0v) is 15.1. The molecule has 132 valence electrons. The van der Waals surface area contributed by atoms with Crippen LogP contribution in [0.25, 0.3) is 11.9 Å². The van der Waals surface area contributed by atoms with Gasteiger partial charge >= 0.3 is 0 Å². The van der Waals surface area contributed by atoms with Gasteiger partial charge in [0.25, 0.3) is 0 Å². The van der Waals surface area contributed by atoms with Gasteiger partial charge in [0.2, 0.25) is 0 Å². The predicted octanol–water partition coefficient (Wildman–Crippen LogP) is 2.18. The molecule has 2 heterocycles. The molecule has 4 heteroatoms. The van der Waals surface area contributed by atoms with Gasteiger partial charge in [-0.2, -0.15) is 10.2 Å². The number of rotatable bonds is 2. The summed E-state index contributed by atoms with van der Waals surface area (Å²) in [7, 11) is 2.04. The summed E-state index contributed by atoms with van der Waals surface area (Å²) in [4.78, 5) is 0. The fraction of sp³-hybridized carbons (Fsp3) is 0.130. The van der Waals surface area contributed by atoms with Crippen LogP contribution in [0.3, 0.4) is 0 Å². The minimum Gasteiger partial charge on any atom is -0.305 e. The number of allylic oxidation sites excluding steroid dienone is 4. The summed E-state index contributed by atoms with van der Waals surface area (Å²) in [6.07, 6.45) is 12.5. The van der Waals surface area contributed by atoms with Crippen LogP contribution in [0.1, 0.15) is 11.1 Å². The molecule has 2 aromatic carbocycles. The van der Waals surface area contributed by atoms with Gasteiger partial charge in [-0.25, -0.2) is 0 Å². The molecule has 0 fully saturated rings. The zero-order chi connectivity index (χ0) is 18.2. The van der Waals surface area contributed by atoms with Crippen LogP contribution in [-0.2, 0) is 0 Å². The molecule has 0 amide bonds. The van der Waals surface area contributed by atoms with Crippen molar-refractivity contribution in [2.75, 3.05) is 7.05 Å². The van der Waals surface area contributed by atoms with Crippen LogP contribution in [0.2, 0.25) is 0 Å². The quantitative estimate of drug-likeness (QED) is 0.900. The Bertz CT molecular complexity index is 1140. The number of benzene rings is 2. The molecule has 0 saturated heterocycles. The van der Waals surface area contributed by atoms with Gasteiger partial charge < -0.3 is 5.43 Å². The average Bonchev–Trinajstić information content (AvgIpc) is 2.73. The smallest absolute Gasteiger partial charge is 0.0781 e. The number of nitrogens with one attached hydrogen (secondary N) is 1. The summed E-state index contributed by atoms with van der Waals surface area (Å²) in [6.45, 7) is 0. The molecule has 0 radical (unpaired) electrons. The van der Waals surface area contributed by atoms with E-state index in [-0.39, 0.29) is 11.8 Å². The van der Waals surface area contributed by atoms with Gasteiger partial charge in [-0.1, -0.05) is 66.8 Å². The van der Waals surface area contributed by atoms with Crippen LogP contribution >= 0.6 is 0 Å². The normalized spacial score (nSPS) is 22.5. The van der Waals surface area contributed by atoms with Crippen LogP contribution in [0.5, 0.6) is 0 Å². The third-order valence-corrected chi connectivity index (χ3v) is 5.29. The van der Waals surface area contributed by atoms with E-state index in [1.165, 1.54) is 10.4 Å². The molecule has 2 unspecified atom stereocenters. The largest absolute Gasteiger partial charge is 0.305 e. The predicted molar refractivity (Wildman–Crippen MR) is 110 cm³/mol. The van der Waals surface area contributed by atoms with E-state index in [4.69, 9.17) is 0 Å². The van der Waals surface area contributed by atoms with Crippen molar-refractivity contribution in [3.8, 4) is 0 Å². The number of hydrogen-bond acceptors (Lipinski definition) is 4. The van der Waals surface area contributed by atoms with E-state index in [1.807, 2.05) is 19.5 Å². The maximum Gasteiger partial charge on any atom is 0.0781 e. The Kier molecular flexibility index (Phi) is 3.75. The van der Waals surface area contributed by atoms with Gasteiger partial charge in [0.05, 0.1) is 11.4 Å². The second-order valence-electron chi connectivity index (χ2n) is 6.97. The Balaban J connectivity index is 1.65. The topological polar surface area (TPSA) is 40.0 Å². The number of nitrogens with zero attached hydrogens (tertiary/aromatic N) is 3. The lowest BCUT2D eigenvalue weighted by Crippen LogP contribution is -2.44. The Hall–Kier alpha value is -3.40. The van der Waals surface area contributed by atoms with Crippen molar-refractivity contribution in [2.45, 2.75) is 0 Å². The summed E-state index contributed by atoms with van der Waals surface area (Å²) in [5, 5.41) is 13.2. The SMILES string of the molecule is CN1NC=c2ccccc2=C1c1cccc(C2=NN=CC3C=CC=CC23)c1. The minimum atomic E-state index is 0.246. The lowest BCUT2D eigenvalue weighted by Gasteiger charge is -2.27. The van der Waals surface area contributed by atoms with Gasteiger partial charge in [-0.05, 0) is 11.6 Å². The van der Waals surface area contributed by atoms with Crippen molar-refractivity contribution in [1.29, 1.82) is 0 Å². The van der Waals surface area contributed by atoms with Crippen molar-refractivity contribution in [3.05, 3.63) is 94.4 Å². The highest BCUT2D eigenvalue weighted by molar-refractivity contribution is 6.06. The molecule has 4 nitrogen and oxygen atoms in total. The van der Waals surface area contributed by atoms with Crippen LogP contribution in [0.15, 0.2) is 83.0 Å². The molecule has 5 rings (SSSR count). The second kappa shape index (κ2) is 6.40. The highest BCUT2D eigenvalue weighted by Crippen LogP contribution is 2.27. The molecule has 0 saturated carbocycles. The third-order valence-electron chi connectivity index (χ3n) is 5.29. The van der Waals surface area contributed by atoms with Gasteiger partial charge in [-0.15, -0.1) is 0 Å². The molecule has 0 bridgehead atoms. The van der Waals surface area contributed by atoms with Crippen LogP contribution in [0.4, 0.5) is 0 Å². The first kappa shape index (κ1) is 15.8. The average molecular weight is 352 g/mol. The lowest BCUT2D eigenvalue weighted by atomic mass is 9.82. The van der Waals surface area contributed by atoms with Crippen molar-refractivity contribution in [2.24, 2.45) is 22.0 Å². The fourth-order valence-electron chi connectivity index (χ4n) is 3.95. The van der Waals surface area contributed by atoms with E-state index in [9.17, 15) is 0 Å². The van der Waals surface area contributed by atoms with Gasteiger partial charge in [-0.3, -0.25) is 5.01 Å². The molecule has 1 aliphatic carbocycles. The summed E-state index contributed by atoms with van der Waals surface area (Å²) >= 11 is 0. The van der Waals surface area contributed by atoms with Crippen molar-refractivity contribution < 1.29 is 0 Å². The summed E-state index contributed by atoms with van der Waals surface area (Å²) in [5.41, 5.74) is 7.79. The molecule has 0 spiro atoms. The van der Waals surface area contributed by atoms with E-state index in [2.05, 4.69) is 93.5 Å². The Morgan fingerprint density at radius 3 is 2.78 bits per heavy atom. The third kappa shape index (κ3) is 2.70. The standard InChI is InChI=1S/C23H20N4/c1-27-23(21-12-5-3-8-19(21)15-25-27)17-10-6-9-16(13-17)22-20-11-4-2-7-18(20)14-24-26-22/h2-15,18,20,25H,1H3. The van der Waals surface area contributed by atoms with E-state index in [0.29, 0.717) is 0 Å². The molecule has 2 aliphatic heterocycles. The van der Waals surface area contributed by atoms with Gasteiger partial charge in [0.1, 0.15) is 0 Å². The molecule has 0 aromatic heterocycles. The number of fused-ring (bicyclic) bond motifs is 2. The van der Waals surface area contributed by atoms with Gasteiger partial charge in [0, 0.05) is 47.3 Å². The summed E-state index contributed by atoms with van der Waals surface area (Å²) < 4.78 is 0. The van der Waals surface area contributed by atoms with Gasteiger partial charge in [0.15, 0.2) is 0 Å². The summed E-state index contributed by atoms with van der Waals surface area (Å²) in [5.74, 6) is 0.531. The Morgan fingerprint density at radius 2 is 1.81 bits per heavy atom. The highest BCUT2D eigenvalue weighted by Gasteiger charge is 2.27. The first-order valence-electron chi connectivity index (χ1n) is 9.17. The Labute approximate surface area is 158 Å². The van der Waals surface area contributed by atoms with Crippen molar-refractivity contribution in [3.63, 3.8) is 0 Å². The molecular weight excluding hydrogens is 332 g/mol.